The first-order chi connectivity index (χ1) is 5.94. The molecule has 3 aliphatic rings. The normalized spacial score (nSPS) is 35.7. The van der Waals surface area contributed by atoms with Crippen LogP contribution in [0.5, 0.6) is 0 Å². The van der Waals surface area contributed by atoms with Gasteiger partial charge in [0, 0.05) is 0 Å². The highest BCUT2D eigenvalue weighted by atomic mass is 16.1. The zero-order valence-corrected chi connectivity index (χ0v) is 8.98. The second-order valence-electron chi connectivity index (χ2n) is 5.23. The van der Waals surface area contributed by atoms with E-state index in [0.29, 0.717) is 17.1 Å². The zero-order chi connectivity index (χ0) is 9.80. The van der Waals surface area contributed by atoms with Gasteiger partial charge in [0.25, 0.3) is 0 Å². The summed E-state index contributed by atoms with van der Waals surface area (Å²) in [5, 5.41) is 0. The summed E-state index contributed by atoms with van der Waals surface area (Å²) in [6.07, 6.45) is 2.35. The predicted molar refractivity (Wildman–Crippen MR) is 53.4 cm³/mol. The molecule has 2 atom stereocenters. The highest BCUT2D eigenvalue weighted by Gasteiger charge is 2.52. The maximum Gasteiger partial charge on any atom is 0.155 e. The van der Waals surface area contributed by atoms with Gasteiger partial charge in [0.1, 0.15) is 0 Å². The van der Waals surface area contributed by atoms with Crippen LogP contribution in [0.1, 0.15) is 40.5 Å². The second kappa shape index (κ2) is 2.46. The molecule has 0 spiro atoms. The van der Waals surface area contributed by atoms with Gasteiger partial charge in [0.15, 0.2) is 5.78 Å². The summed E-state index contributed by atoms with van der Waals surface area (Å²) >= 11 is 0. The Hall–Kier alpha value is -0.590. The lowest BCUT2D eigenvalue weighted by atomic mass is 9.47. The molecule has 2 bridgehead atoms. The Morgan fingerprint density at radius 2 is 2.08 bits per heavy atom. The van der Waals surface area contributed by atoms with E-state index in [0.717, 1.165) is 17.9 Å². The van der Waals surface area contributed by atoms with Crippen LogP contribution in [-0.4, -0.2) is 5.78 Å². The van der Waals surface area contributed by atoms with E-state index in [1.165, 1.54) is 12.0 Å². The Kier molecular flexibility index (Phi) is 1.70. The molecule has 1 heteroatoms. The van der Waals surface area contributed by atoms with E-state index in [9.17, 15) is 4.79 Å². The van der Waals surface area contributed by atoms with Gasteiger partial charge in [-0.25, -0.2) is 0 Å². The highest BCUT2D eigenvalue weighted by molar-refractivity contribution is 5.94. The summed E-state index contributed by atoms with van der Waals surface area (Å²) in [7, 11) is 0. The van der Waals surface area contributed by atoms with Crippen molar-refractivity contribution in [1.29, 1.82) is 0 Å². The molecule has 0 heterocycles. The molecule has 3 rings (SSSR count). The molecular weight excluding hydrogens is 160 g/mol. The number of fused-ring (bicyclic) bond motifs is 1. The van der Waals surface area contributed by atoms with Gasteiger partial charge >= 0.3 is 0 Å². The van der Waals surface area contributed by atoms with Crippen LogP contribution in [0.15, 0.2) is 11.1 Å². The fourth-order valence-electron chi connectivity index (χ4n) is 3.14. The molecule has 72 valence electrons. The number of ketones is 1. The molecule has 0 saturated heterocycles. The van der Waals surface area contributed by atoms with Crippen LogP contribution in [0.3, 0.4) is 0 Å². The summed E-state index contributed by atoms with van der Waals surface area (Å²) in [6.45, 7) is 8.54. The van der Waals surface area contributed by atoms with Gasteiger partial charge in [0.05, 0.1) is 0 Å². The van der Waals surface area contributed by atoms with Gasteiger partial charge in [-0.2, -0.15) is 0 Å². The molecule has 0 amide bonds. The summed E-state index contributed by atoms with van der Waals surface area (Å²) in [4.78, 5) is 11.3. The summed E-state index contributed by atoms with van der Waals surface area (Å²) in [5.41, 5.74) is 2.96. The molecule has 0 aliphatic heterocycles. The Balaban J connectivity index is 2.36. The van der Waals surface area contributed by atoms with E-state index in [1.807, 2.05) is 0 Å². The lowest BCUT2D eigenvalue weighted by molar-refractivity contribution is -0.115. The Bertz CT molecular complexity index is 296. The molecule has 13 heavy (non-hydrogen) atoms. The molecule has 0 radical (unpaired) electrons. The summed E-state index contributed by atoms with van der Waals surface area (Å²) < 4.78 is 0. The van der Waals surface area contributed by atoms with Crippen molar-refractivity contribution in [2.45, 2.75) is 40.5 Å². The topological polar surface area (TPSA) is 17.1 Å². The third-order valence-electron chi connectivity index (χ3n) is 4.34. The number of carbonyl (C=O) groups is 1. The van der Waals surface area contributed by atoms with Crippen molar-refractivity contribution in [2.24, 2.45) is 17.3 Å². The van der Waals surface area contributed by atoms with E-state index in [4.69, 9.17) is 0 Å². The van der Waals surface area contributed by atoms with Crippen molar-refractivity contribution in [3.05, 3.63) is 11.1 Å². The van der Waals surface area contributed by atoms with Gasteiger partial charge in [-0.1, -0.05) is 19.4 Å². The monoisotopic (exact) mass is 178 g/mol. The fraction of sp³-hybridized carbons (Fsp3) is 0.750. The molecule has 3 aliphatic carbocycles. The fourth-order valence-corrected chi connectivity index (χ4v) is 3.14. The number of hydrogen-bond acceptors (Lipinski definition) is 1. The van der Waals surface area contributed by atoms with Crippen molar-refractivity contribution >= 4 is 5.78 Å². The van der Waals surface area contributed by atoms with Crippen molar-refractivity contribution in [3.63, 3.8) is 0 Å². The Morgan fingerprint density at radius 1 is 1.46 bits per heavy atom. The molecule has 0 aromatic rings. The number of carbonyl (C=O) groups excluding carboxylic acids is 1. The van der Waals surface area contributed by atoms with Gasteiger partial charge in [0.2, 0.25) is 0 Å². The SMILES string of the molecule is CC(=O)C1=C(C)C2CC(C1)C2(C)C. The van der Waals surface area contributed by atoms with Crippen LogP contribution in [0.4, 0.5) is 0 Å². The predicted octanol–water partition coefficient (Wildman–Crippen LogP) is 2.96. The first-order valence-corrected chi connectivity index (χ1v) is 5.15. The standard InChI is InChI=1S/C12H18O/c1-7-10(8(2)13)5-9-6-11(7)12(9,3)4/h9,11H,5-6H2,1-4H3. The minimum atomic E-state index is 0.294. The van der Waals surface area contributed by atoms with Crippen molar-refractivity contribution < 1.29 is 4.79 Å². The maximum absolute atomic E-state index is 11.3. The molecule has 0 aromatic heterocycles. The first-order valence-electron chi connectivity index (χ1n) is 5.15. The lowest BCUT2D eigenvalue weighted by Gasteiger charge is -2.57. The molecule has 1 saturated carbocycles. The summed E-state index contributed by atoms with van der Waals surface area (Å²) in [6, 6.07) is 0. The maximum atomic E-state index is 11.3. The highest BCUT2D eigenvalue weighted by Crippen LogP contribution is 2.60. The van der Waals surface area contributed by atoms with Crippen LogP contribution in [0.25, 0.3) is 0 Å². The number of allylic oxidation sites excluding steroid dienone is 2. The second-order valence-corrected chi connectivity index (χ2v) is 5.23. The molecule has 0 aromatic carbocycles. The molecular formula is C12H18O. The van der Waals surface area contributed by atoms with Crippen molar-refractivity contribution in [2.75, 3.05) is 0 Å². The van der Waals surface area contributed by atoms with E-state index >= 15 is 0 Å². The Labute approximate surface area is 80.2 Å². The Morgan fingerprint density at radius 3 is 2.46 bits per heavy atom. The number of hydrogen-bond donors (Lipinski definition) is 0. The quantitative estimate of drug-likeness (QED) is 0.603. The van der Waals surface area contributed by atoms with E-state index in [1.54, 1.807) is 6.92 Å². The third kappa shape index (κ3) is 1.02. The van der Waals surface area contributed by atoms with Crippen LogP contribution in [0.2, 0.25) is 0 Å². The van der Waals surface area contributed by atoms with Gasteiger partial charge < -0.3 is 0 Å². The number of Topliss-reactive ketones (excluding diaryl/α,β-unsaturated/α-hetero) is 1. The van der Waals surface area contributed by atoms with Gasteiger partial charge in [-0.05, 0) is 49.5 Å². The van der Waals surface area contributed by atoms with E-state index in [-0.39, 0.29) is 0 Å². The van der Waals surface area contributed by atoms with Crippen LogP contribution in [0, 0.1) is 17.3 Å². The zero-order valence-electron chi connectivity index (χ0n) is 8.98. The van der Waals surface area contributed by atoms with Gasteiger partial charge in [-0.15, -0.1) is 0 Å². The largest absolute Gasteiger partial charge is 0.295 e. The smallest absolute Gasteiger partial charge is 0.155 e. The average Bonchev–Trinajstić information content (AvgIpc) is 2.02. The molecule has 1 nitrogen and oxygen atoms in total. The first kappa shape index (κ1) is 8.98. The van der Waals surface area contributed by atoms with Gasteiger partial charge in [-0.3, -0.25) is 4.79 Å². The van der Waals surface area contributed by atoms with E-state index < -0.39 is 0 Å². The minimum Gasteiger partial charge on any atom is -0.295 e. The van der Waals surface area contributed by atoms with Crippen LogP contribution in [-0.2, 0) is 4.79 Å². The third-order valence-corrected chi connectivity index (χ3v) is 4.34. The molecule has 1 fully saturated rings. The van der Waals surface area contributed by atoms with Crippen LogP contribution >= 0.6 is 0 Å². The van der Waals surface area contributed by atoms with E-state index in [2.05, 4.69) is 20.8 Å². The average molecular weight is 178 g/mol. The van der Waals surface area contributed by atoms with Crippen molar-refractivity contribution in [3.8, 4) is 0 Å². The minimum absolute atomic E-state index is 0.294. The number of rotatable bonds is 1. The molecule has 2 unspecified atom stereocenters. The van der Waals surface area contributed by atoms with Crippen LogP contribution < -0.4 is 0 Å². The molecule has 0 N–H and O–H groups in total. The lowest BCUT2D eigenvalue weighted by Crippen LogP contribution is -2.49. The summed E-state index contributed by atoms with van der Waals surface area (Å²) in [5.74, 6) is 1.74. The van der Waals surface area contributed by atoms with Crippen molar-refractivity contribution in [1.82, 2.24) is 0 Å².